The van der Waals surface area contributed by atoms with Crippen LogP contribution >= 0.6 is 0 Å². The Bertz CT molecular complexity index is 324. The van der Waals surface area contributed by atoms with E-state index in [1.54, 1.807) is 11.9 Å². The summed E-state index contributed by atoms with van der Waals surface area (Å²) in [6, 6.07) is 9.72. The number of hydrogen-bond donors (Lipinski definition) is 0. The first-order valence-corrected chi connectivity index (χ1v) is 6.16. The second-order valence-corrected chi connectivity index (χ2v) is 4.17. The molecule has 0 aliphatic rings. The van der Waals surface area contributed by atoms with Gasteiger partial charge in [0.25, 0.3) is 0 Å². The van der Waals surface area contributed by atoms with E-state index in [0.29, 0.717) is 6.61 Å². The van der Waals surface area contributed by atoms with Gasteiger partial charge in [0.05, 0.1) is 0 Å². The number of ether oxygens (including phenoxy) is 1. The molecule has 1 aromatic carbocycles. The molecule has 1 aromatic rings. The molecule has 0 unspecified atom stereocenters. The zero-order chi connectivity index (χ0) is 12.5. The largest absolute Gasteiger partial charge is 0.445 e. The minimum Gasteiger partial charge on any atom is -0.445 e. The van der Waals surface area contributed by atoms with Crippen molar-refractivity contribution in [3.63, 3.8) is 0 Å². The minimum absolute atomic E-state index is 0.245. The van der Waals surface area contributed by atoms with Crippen LogP contribution in [0.15, 0.2) is 30.3 Å². The maximum absolute atomic E-state index is 11.6. The van der Waals surface area contributed by atoms with Crippen LogP contribution in [-0.4, -0.2) is 24.6 Å². The molecule has 0 fully saturated rings. The Hall–Kier alpha value is -1.51. The summed E-state index contributed by atoms with van der Waals surface area (Å²) in [6.07, 6.45) is 3.10. The number of carbonyl (C=O) groups is 1. The molecule has 0 atom stereocenters. The normalized spacial score (nSPS) is 10.0. The van der Waals surface area contributed by atoms with Crippen LogP contribution in [0.3, 0.4) is 0 Å². The van der Waals surface area contributed by atoms with E-state index >= 15 is 0 Å². The van der Waals surface area contributed by atoms with Crippen molar-refractivity contribution in [2.75, 3.05) is 13.6 Å². The molecule has 3 nitrogen and oxygen atoms in total. The van der Waals surface area contributed by atoms with Gasteiger partial charge in [0, 0.05) is 13.6 Å². The Balaban J connectivity index is 2.24. The summed E-state index contributed by atoms with van der Waals surface area (Å²) in [6.45, 7) is 3.26. The quantitative estimate of drug-likeness (QED) is 0.707. The summed E-state index contributed by atoms with van der Waals surface area (Å²) >= 11 is 0. The summed E-state index contributed by atoms with van der Waals surface area (Å²) in [5.74, 6) is 0. The van der Waals surface area contributed by atoms with Crippen LogP contribution in [0.25, 0.3) is 0 Å². The first kappa shape index (κ1) is 13.6. The molecule has 0 saturated heterocycles. The van der Waals surface area contributed by atoms with Crippen LogP contribution in [0.5, 0.6) is 0 Å². The van der Waals surface area contributed by atoms with E-state index in [2.05, 4.69) is 6.92 Å². The van der Waals surface area contributed by atoms with Crippen molar-refractivity contribution in [3.05, 3.63) is 35.9 Å². The monoisotopic (exact) mass is 235 g/mol. The summed E-state index contributed by atoms with van der Waals surface area (Å²) in [5, 5.41) is 0. The maximum Gasteiger partial charge on any atom is 0.409 e. The van der Waals surface area contributed by atoms with E-state index in [1.165, 1.54) is 0 Å². The first-order valence-electron chi connectivity index (χ1n) is 6.16. The fourth-order valence-corrected chi connectivity index (χ4v) is 1.52. The lowest BCUT2D eigenvalue weighted by Crippen LogP contribution is -2.28. The molecular formula is C14H21NO2. The van der Waals surface area contributed by atoms with Crippen molar-refractivity contribution in [2.24, 2.45) is 0 Å². The number of carbonyl (C=O) groups excluding carboxylic acids is 1. The SMILES string of the molecule is CCCCCN(C)C(=O)OCc1ccccc1. The van der Waals surface area contributed by atoms with Gasteiger partial charge in [-0.2, -0.15) is 0 Å². The van der Waals surface area contributed by atoms with Crippen LogP contribution in [-0.2, 0) is 11.3 Å². The van der Waals surface area contributed by atoms with E-state index < -0.39 is 0 Å². The third-order valence-electron chi connectivity index (χ3n) is 2.61. The van der Waals surface area contributed by atoms with Gasteiger partial charge in [-0.25, -0.2) is 4.79 Å². The van der Waals surface area contributed by atoms with E-state index in [1.807, 2.05) is 30.3 Å². The highest BCUT2D eigenvalue weighted by atomic mass is 16.6. The molecule has 0 aliphatic carbocycles. The molecular weight excluding hydrogens is 214 g/mol. The highest BCUT2D eigenvalue weighted by Gasteiger charge is 2.08. The number of rotatable bonds is 6. The molecule has 0 radical (unpaired) electrons. The Morgan fingerprint density at radius 2 is 1.94 bits per heavy atom. The molecule has 0 saturated carbocycles. The van der Waals surface area contributed by atoms with Crippen molar-refractivity contribution in [3.8, 4) is 0 Å². The predicted molar refractivity (Wildman–Crippen MR) is 68.8 cm³/mol. The topological polar surface area (TPSA) is 29.5 Å². The number of hydrogen-bond acceptors (Lipinski definition) is 2. The maximum atomic E-state index is 11.6. The van der Waals surface area contributed by atoms with Crippen molar-refractivity contribution in [2.45, 2.75) is 32.8 Å². The lowest BCUT2D eigenvalue weighted by atomic mass is 10.2. The molecule has 0 aromatic heterocycles. The van der Waals surface area contributed by atoms with Crippen LogP contribution in [0, 0.1) is 0 Å². The standard InChI is InChI=1S/C14H21NO2/c1-3-4-8-11-15(2)14(16)17-12-13-9-6-5-7-10-13/h5-7,9-10H,3-4,8,11-12H2,1-2H3. The second-order valence-electron chi connectivity index (χ2n) is 4.17. The average Bonchev–Trinajstić information content (AvgIpc) is 2.37. The van der Waals surface area contributed by atoms with Crippen LogP contribution < -0.4 is 0 Å². The molecule has 17 heavy (non-hydrogen) atoms. The van der Waals surface area contributed by atoms with Gasteiger partial charge < -0.3 is 9.64 Å². The Labute approximate surface area is 103 Å². The molecule has 0 bridgehead atoms. The first-order chi connectivity index (χ1) is 8.24. The minimum atomic E-state index is -0.245. The summed E-state index contributed by atoms with van der Waals surface area (Å²) in [5.41, 5.74) is 1.02. The van der Waals surface area contributed by atoms with Crippen molar-refractivity contribution < 1.29 is 9.53 Å². The average molecular weight is 235 g/mol. The predicted octanol–water partition coefficient (Wildman–Crippen LogP) is 3.45. The summed E-state index contributed by atoms with van der Waals surface area (Å²) in [7, 11) is 1.78. The second kappa shape index (κ2) is 7.71. The lowest BCUT2D eigenvalue weighted by Gasteiger charge is -2.16. The van der Waals surface area contributed by atoms with Crippen LogP contribution in [0.2, 0.25) is 0 Å². The zero-order valence-electron chi connectivity index (χ0n) is 10.7. The highest BCUT2D eigenvalue weighted by Crippen LogP contribution is 2.03. The number of unbranched alkanes of at least 4 members (excludes halogenated alkanes) is 2. The Morgan fingerprint density at radius 3 is 2.59 bits per heavy atom. The molecule has 0 N–H and O–H groups in total. The molecule has 3 heteroatoms. The number of benzene rings is 1. The van der Waals surface area contributed by atoms with Gasteiger partial charge in [-0.15, -0.1) is 0 Å². The van der Waals surface area contributed by atoms with E-state index in [0.717, 1.165) is 31.4 Å². The smallest absolute Gasteiger partial charge is 0.409 e. The molecule has 1 amide bonds. The summed E-state index contributed by atoms with van der Waals surface area (Å²) < 4.78 is 5.21. The molecule has 0 spiro atoms. The van der Waals surface area contributed by atoms with Gasteiger partial charge >= 0.3 is 6.09 Å². The fourth-order valence-electron chi connectivity index (χ4n) is 1.52. The fraction of sp³-hybridized carbons (Fsp3) is 0.500. The number of nitrogens with zero attached hydrogens (tertiary/aromatic N) is 1. The third kappa shape index (κ3) is 5.38. The van der Waals surface area contributed by atoms with Crippen LogP contribution in [0.4, 0.5) is 4.79 Å². The van der Waals surface area contributed by atoms with Crippen molar-refractivity contribution in [1.82, 2.24) is 4.90 Å². The molecule has 0 aliphatic heterocycles. The molecule has 94 valence electrons. The number of amides is 1. The zero-order valence-corrected chi connectivity index (χ0v) is 10.7. The van der Waals surface area contributed by atoms with Gasteiger partial charge in [0.15, 0.2) is 0 Å². The van der Waals surface area contributed by atoms with Gasteiger partial charge in [0.1, 0.15) is 6.61 Å². The van der Waals surface area contributed by atoms with E-state index in [9.17, 15) is 4.79 Å². The Morgan fingerprint density at radius 1 is 1.24 bits per heavy atom. The molecule has 0 heterocycles. The van der Waals surface area contributed by atoms with Gasteiger partial charge in [-0.05, 0) is 12.0 Å². The summed E-state index contributed by atoms with van der Waals surface area (Å²) in [4.78, 5) is 13.3. The Kier molecular flexibility index (Phi) is 6.15. The van der Waals surface area contributed by atoms with Gasteiger partial charge in [0.2, 0.25) is 0 Å². The van der Waals surface area contributed by atoms with Gasteiger partial charge in [-0.3, -0.25) is 0 Å². The van der Waals surface area contributed by atoms with E-state index in [-0.39, 0.29) is 6.09 Å². The van der Waals surface area contributed by atoms with Crippen LogP contribution in [0.1, 0.15) is 31.7 Å². The van der Waals surface area contributed by atoms with Gasteiger partial charge in [-0.1, -0.05) is 50.1 Å². The highest BCUT2D eigenvalue weighted by molar-refractivity contribution is 5.67. The van der Waals surface area contributed by atoms with Crippen molar-refractivity contribution >= 4 is 6.09 Å². The van der Waals surface area contributed by atoms with E-state index in [4.69, 9.17) is 4.74 Å². The lowest BCUT2D eigenvalue weighted by molar-refractivity contribution is 0.104. The molecule has 1 rings (SSSR count). The van der Waals surface area contributed by atoms with Crippen molar-refractivity contribution in [1.29, 1.82) is 0 Å². The third-order valence-corrected chi connectivity index (χ3v) is 2.61.